The number of piperidine rings is 1. The predicted octanol–water partition coefficient (Wildman–Crippen LogP) is 8.38. The Morgan fingerprint density at radius 3 is 2.18 bits per heavy atom. The fourth-order valence-corrected chi connectivity index (χ4v) is 7.17. The Hall–Kier alpha value is -4.56. The van der Waals surface area contributed by atoms with E-state index in [2.05, 4.69) is 79.6 Å². The van der Waals surface area contributed by atoms with Crippen molar-refractivity contribution in [2.45, 2.75) is 58.5 Å². The molecule has 1 saturated heterocycles. The van der Waals surface area contributed by atoms with Gasteiger partial charge >= 0.3 is 5.97 Å². The number of likely N-dealkylation sites (tertiary alicyclic amines) is 1. The van der Waals surface area contributed by atoms with Gasteiger partial charge in [0.25, 0.3) is 0 Å². The molecule has 7 nitrogen and oxygen atoms in total. The van der Waals surface area contributed by atoms with Crippen molar-refractivity contribution >= 4 is 34.7 Å². The molecule has 0 radical (unpaired) electrons. The van der Waals surface area contributed by atoms with Gasteiger partial charge in [0.2, 0.25) is 0 Å². The zero-order valence-electron chi connectivity index (χ0n) is 29.8. The van der Waals surface area contributed by atoms with E-state index in [1.807, 2.05) is 60.7 Å². The van der Waals surface area contributed by atoms with Crippen LogP contribution in [0.5, 0.6) is 11.5 Å². The van der Waals surface area contributed by atoms with E-state index in [1.54, 1.807) is 6.92 Å². The van der Waals surface area contributed by atoms with Crippen molar-refractivity contribution in [2.24, 2.45) is 11.8 Å². The molecule has 0 bridgehead atoms. The van der Waals surface area contributed by atoms with Gasteiger partial charge in [0.05, 0.1) is 6.61 Å². The summed E-state index contributed by atoms with van der Waals surface area (Å²) in [6.07, 6.45) is -0.346. The van der Waals surface area contributed by atoms with Gasteiger partial charge in [-0.25, -0.2) is 4.79 Å². The standard InChI is InChI=1S/C42H49N3O4S/c1-6-47-40(46)38(49-32-21-17-30(18-22-32)42(3,4)5)25-29-15-19-31(20-16-29)48-24-23-43-37-14-10-8-12-33(37)39-34-26-45(27-35(34)39)41(50)44-36-13-9-7-11-28(36)2/h7-22,34-35,38-39,43H,6,23-27H2,1-5H3,(H,44,50)/t34-,35?,38+,39+/m1/s1. The number of carbonyl (C=O) groups is 1. The monoisotopic (exact) mass is 691 g/mol. The zero-order valence-corrected chi connectivity index (χ0v) is 30.6. The minimum atomic E-state index is -0.743. The highest BCUT2D eigenvalue weighted by Gasteiger charge is 2.57. The Labute approximate surface area is 302 Å². The Morgan fingerprint density at radius 1 is 0.880 bits per heavy atom. The molecule has 2 N–H and O–H groups in total. The summed E-state index contributed by atoms with van der Waals surface area (Å²) in [6, 6.07) is 32.7. The lowest BCUT2D eigenvalue weighted by molar-refractivity contribution is -0.151. The Kier molecular flexibility index (Phi) is 11.0. The fraction of sp³-hybridized carbons (Fsp3) is 0.381. The van der Waals surface area contributed by atoms with Crippen LogP contribution in [-0.2, 0) is 21.4 Å². The van der Waals surface area contributed by atoms with Crippen molar-refractivity contribution in [2.75, 3.05) is 43.5 Å². The number of thiocarbonyl (C=S) groups is 1. The van der Waals surface area contributed by atoms with Crippen LogP contribution in [0.1, 0.15) is 55.9 Å². The van der Waals surface area contributed by atoms with Gasteiger partial charge in [-0.2, -0.15) is 0 Å². The lowest BCUT2D eigenvalue weighted by Gasteiger charge is -2.24. The number of esters is 1. The SMILES string of the molecule is CCOC(=O)[C@H](Cc1ccc(OCCNc2ccccc2[C@@H]2C3CN(C(=S)Nc4ccccc4C)C[C@H]32)cc1)Oc1ccc(C(C)(C)C)cc1. The maximum Gasteiger partial charge on any atom is 0.347 e. The van der Waals surface area contributed by atoms with Crippen molar-refractivity contribution in [1.29, 1.82) is 0 Å². The molecule has 6 rings (SSSR count). The number of nitrogens with one attached hydrogen (secondary N) is 2. The first-order chi connectivity index (χ1) is 24.1. The molecular formula is C42H49N3O4S. The molecule has 0 amide bonds. The summed E-state index contributed by atoms with van der Waals surface area (Å²) < 4.78 is 17.5. The molecule has 4 atom stereocenters. The van der Waals surface area contributed by atoms with Crippen molar-refractivity contribution < 1.29 is 19.0 Å². The number of rotatable bonds is 13. The van der Waals surface area contributed by atoms with E-state index < -0.39 is 6.10 Å². The lowest BCUT2D eigenvalue weighted by atomic mass is 9.87. The number of aryl methyl sites for hydroxylation is 1. The number of carbonyl (C=O) groups excluding carboxylic acids is 1. The highest BCUT2D eigenvalue weighted by atomic mass is 32.1. The van der Waals surface area contributed by atoms with E-state index in [-0.39, 0.29) is 11.4 Å². The molecule has 2 aliphatic rings. The first-order valence-electron chi connectivity index (χ1n) is 17.7. The summed E-state index contributed by atoms with van der Waals surface area (Å²) >= 11 is 5.77. The average molecular weight is 692 g/mol. The molecule has 1 aliphatic heterocycles. The zero-order chi connectivity index (χ0) is 35.3. The van der Waals surface area contributed by atoms with Crippen molar-refractivity contribution in [3.63, 3.8) is 0 Å². The molecule has 1 heterocycles. The Balaban J connectivity index is 0.971. The molecule has 8 heteroatoms. The Bertz CT molecular complexity index is 1760. The number of nitrogens with zero attached hydrogens (tertiary/aromatic N) is 1. The third-order valence-electron chi connectivity index (χ3n) is 9.77. The second-order valence-corrected chi connectivity index (χ2v) is 14.7. The number of benzene rings is 4. The summed E-state index contributed by atoms with van der Waals surface area (Å²) in [4.78, 5) is 15.1. The van der Waals surface area contributed by atoms with Crippen LogP contribution < -0.4 is 20.1 Å². The summed E-state index contributed by atoms with van der Waals surface area (Å²) in [7, 11) is 0. The third-order valence-corrected chi connectivity index (χ3v) is 10.1. The van der Waals surface area contributed by atoms with Gasteiger partial charge < -0.3 is 29.7 Å². The topological polar surface area (TPSA) is 72.1 Å². The highest BCUT2D eigenvalue weighted by molar-refractivity contribution is 7.80. The minimum absolute atomic E-state index is 0.0402. The Morgan fingerprint density at radius 2 is 1.52 bits per heavy atom. The van der Waals surface area contributed by atoms with Crippen molar-refractivity contribution in [1.82, 2.24) is 4.90 Å². The molecule has 1 unspecified atom stereocenters. The predicted molar refractivity (Wildman–Crippen MR) is 205 cm³/mol. The first-order valence-corrected chi connectivity index (χ1v) is 18.1. The number of para-hydroxylation sites is 2. The second-order valence-electron chi connectivity index (χ2n) is 14.3. The molecule has 4 aromatic carbocycles. The molecule has 50 heavy (non-hydrogen) atoms. The van der Waals surface area contributed by atoms with Gasteiger partial charge in [-0.15, -0.1) is 0 Å². The minimum Gasteiger partial charge on any atom is -0.492 e. The van der Waals surface area contributed by atoms with E-state index in [9.17, 15) is 4.79 Å². The summed E-state index contributed by atoms with van der Waals surface area (Å²) in [6.45, 7) is 13.9. The average Bonchev–Trinajstić information content (AvgIpc) is 3.59. The van der Waals surface area contributed by atoms with Crippen LogP contribution in [0.2, 0.25) is 0 Å². The van der Waals surface area contributed by atoms with Crippen molar-refractivity contribution in [3.8, 4) is 11.5 Å². The van der Waals surface area contributed by atoms with Crippen LogP contribution >= 0.6 is 12.2 Å². The number of hydrogen-bond donors (Lipinski definition) is 2. The fourth-order valence-electron chi connectivity index (χ4n) is 6.91. The largest absolute Gasteiger partial charge is 0.492 e. The first kappa shape index (κ1) is 35.3. The van der Waals surface area contributed by atoms with Gasteiger partial charge in [-0.1, -0.05) is 81.4 Å². The number of anilines is 2. The van der Waals surface area contributed by atoms with Crippen LogP contribution in [0.3, 0.4) is 0 Å². The van der Waals surface area contributed by atoms with Gasteiger partial charge in [-0.3, -0.25) is 0 Å². The molecule has 1 aliphatic carbocycles. The van der Waals surface area contributed by atoms with Crippen LogP contribution in [0.15, 0.2) is 97.1 Å². The quantitative estimate of drug-likeness (QED) is 0.0824. The van der Waals surface area contributed by atoms with E-state index in [0.717, 1.165) is 35.2 Å². The molecule has 0 aromatic heterocycles. The van der Waals surface area contributed by atoms with E-state index in [0.29, 0.717) is 49.7 Å². The van der Waals surface area contributed by atoms with Gasteiger partial charge in [0.15, 0.2) is 11.2 Å². The number of hydrogen-bond acceptors (Lipinski definition) is 6. The van der Waals surface area contributed by atoms with E-state index >= 15 is 0 Å². The van der Waals surface area contributed by atoms with Crippen LogP contribution in [0.4, 0.5) is 11.4 Å². The highest BCUT2D eigenvalue weighted by Crippen LogP contribution is 2.59. The molecular weight excluding hydrogens is 643 g/mol. The van der Waals surface area contributed by atoms with Crippen molar-refractivity contribution in [3.05, 3.63) is 119 Å². The molecule has 1 saturated carbocycles. The van der Waals surface area contributed by atoms with Crippen LogP contribution in [-0.4, -0.2) is 54.9 Å². The van der Waals surface area contributed by atoms with Gasteiger partial charge in [0.1, 0.15) is 18.1 Å². The normalized spacial score (nSPS) is 18.5. The van der Waals surface area contributed by atoms with Crippen LogP contribution in [0, 0.1) is 18.8 Å². The number of fused-ring (bicyclic) bond motifs is 1. The smallest absolute Gasteiger partial charge is 0.347 e. The summed E-state index contributed by atoms with van der Waals surface area (Å²) in [5, 5.41) is 7.88. The van der Waals surface area contributed by atoms with Crippen LogP contribution in [0.25, 0.3) is 0 Å². The molecule has 262 valence electrons. The summed E-state index contributed by atoms with van der Waals surface area (Å²) in [5.74, 6) is 2.84. The third kappa shape index (κ3) is 8.59. The maximum absolute atomic E-state index is 12.8. The lowest BCUT2D eigenvalue weighted by Crippen LogP contribution is -2.35. The second kappa shape index (κ2) is 15.5. The van der Waals surface area contributed by atoms with Gasteiger partial charge in [0, 0.05) is 37.4 Å². The maximum atomic E-state index is 12.8. The molecule has 4 aromatic rings. The van der Waals surface area contributed by atoms with E-state index in [4.69, 9.17) is 26.4 Å². The number of ether oxygens (including phenoxy) is 3. The van der Waals surface area contributed by atoms with Gasteiger partial charge in [-0.05, 0) is 108 Å². The van der Waals surface area contributed by atoms with E-state index in [1.165, 1.54) is 22.4 Å². The molecule has 0 spiro atoms. The summed E-state index contributed by atoms with van der Waals surface area (Å²) in [5.41, 5.74) is 7.05. The molecule has 2 fully saturated rings.